The van der Waals surface area contributed by atoms with E-state index in [2.05, 4.69) is 15.9 Å². The molecule has 0 aromatic heterocycles. The molecule has 5 heteroatoms. The third-order valence-corrected chi connectivity index (χ3v) is 2.81. The van der Waals surface area contributed by atoms with Gasteiger partial charge in [0.05, 0.1) is 11.9 Å². The van der Waals surface area contributed by atoms with Crippen molar-refractivity contribution in [2.75, 3.05) is 17.8 Å². The fourth-order valence-corrected chi connectivity index (χ4v) is 1.53. The van der Waals surface area contributed by atoms with Crippen LogP contribution in [-0.2, 0) is 4.79 Å². The summed E-state index contributed by atoms with van der Waals surface area (Å²) in [5.41, 5.74) is 0.374. The van der Waals surface area contributed by atoms with E-state index in [1.54, 1.807) is 24.3 Å². The minimum atomic E-state index is -0.491. The van der Waals surface area contributed by atoms with Gasteiger partial charge in [-0.1, -0.05) is 15.9 Å². The third-order valence-electron chi connectivity index (χ3n) is 2.04. The summed E-state index contributed by atoms with van der Waals surface area (Å²) >= 11 is 8.48. The highest BCUT2D eigenvalue weighted by Gasteiger charge is 2.14. The number of carbonyl (C=O) groups is 2. The average Bonchev–Trinajstić information content (AvgIpc) is 2.38. The molecule has 0 bridgehead atoms. The van der Waals surface area contributed by atoms with Gasteiger partial charge < -0.3 is 4.74 Å². The molecule has 0 aliphatic carbocycles. The van der Waals surface area contributed by atoms with Crippen LogP contribution in [0.5, 0.6) is 5.75 Å². The first-order chi connectivity index (χ1) is 8.19. The summed E-state index contributed by atoms with van der Waals surface area (Å²) in [6.07, 6.45) is 0.768. The Labute approximate surface area is 113 Å². The number of halogens is 2. The summed E-state index contributed by atoms with van der Waals surface area (Å²) < 4.78 is 5.38. The first-order valence-corrected chi connectivity index (χ1v) is 6.77. The van der Waals surface area contributed by atoms with Crippen LogP contribution in [-0.4, -0.2) is 29.4 Å². The van der Waals surface area contributed by atoms with Gasteiger partial charge in [-0.15, -0.1) is 11.6 Å². The maximum absolute atomic E-state index is 11.5. The smallest absolute Gasteiger partial charge is 0.229 e. The maximum Gasteiger partial charge on any atom is 0.229 e. The zero-order chi connectivity index (χ0) is 12.7. The Morgan fingerprint density at radius 2 is 1.88 bits per heavy atom. The van der Waals surface area contributed by atoms with Gasteiger partial charge in [0, 0.05) is 11.4 Å². The molecule has 0 amide bonds. The lowest BCUT2D eigenvalue weighted by molar-refractivity contribution is -0.112. The van der Waals surface area contributed by atoms with Crippen molar-refractivity contribution in [3.8, 4) is 5.75 Å². The van der Waals surface area contributed by atoms with E-state index in [0.29, 0.717) is 23.8 Å². The number of hydrogen-bond acceptors (Lipinski definition) is 3. The highest BCUT2D eigenvalue weighted by molar-refractivity contribution is 9.09. The number of hydrogen-bond donors (Lipinski definition) is 0. The minimum absolute atomic E-state index is 0.0415. The average molecular weight is 320 g/mol. The lowest BCUT2D eigenvalue weighted by Gasteiger charge is -2.05. The molecule has 0 radical (unpaired) electrons. The summed E-state index contributed by atoms with van der Waals surface area (Å²) in [4.78, 5) is 22.7. The molecule has 0 aliphatic heterocycles. The van der Waals surface area contributed by atoms with E-state index in [0.717, 1.165) is 6.42 Å². The molecule has 0 N–H and O–H groups in total. The first kappa shape index (κ1) is 14.2. The van der Waals surface area contributed by atoms with E-state index in [-0.39, 0.29) is 5.33 Å². The predicted molar refractivity (Wildman–Crippen MR) is 70.4 cm³/mol. The zero-order valence-corrected chi connectivity index (χ0v) is 11.5. The van der Waals surface area contributed by atoms with Gasteiger partial charge in [-0.3, -0.25) is 9.59 Å². The van der Waals surface area contributed by atoms with Crippen LogP contribution in [0.15, 0.2) is 24.3 Å². The molecular weight excluding hydrogens is 307 g/mol. The van der Waals surface area contributed by atoms with Gasteiger partial charge >= 0.3 is 0 Å². The summed E-state index contributed by atoms with van der Waals surface area (Å²) in [6, 6.07) is 6.50. The maximum atomic E-state index is 11.5. The van der Waals surface area contributed by atoms with Crippen LogP contribution in [0.3, 0.4) is 0 Å². The minimum Gasteiger partial charge on any atom is -0.494 e. The number of Topliss-reactive ketones (excluding diaryl/α,β-unsaturated/α-hetero) is 2. The van der Waals surface area contributed by atoms with Crippen LogP contribution in [0.4, 0.5) is 0 Å². The van der Waals surface area contributed by atoms with Crippen molar-refractivity contribution in [1.82, 2.24) is 0 Å². The van der Waals surface area contributed by atoms with Crippen molar-refractivity contribution in [3.63, 3.8) is 0 Å². The van der Waals surface area contributed by atoms with E-state index in [1.165, 1.54) is 0 Å². The van der Waals surface area contributed by atoms with Crippen molar-refractivity contribution < 1.29 is 14.3 Å². The molecule has 0 heterocycles. The lowest BCUT2D eigenvalue weighted by atomic mass is 10.1. The topological polar surface area (TPSA) is 43.4 Å². The van der Waals surface area contributed by atoms with E-state index in [1.807, 2.05) is 0 Å². The van der Waals surface area contributed by atoms with Crippen LogP contribution in [0.1, 0.15) is 16.8 Å². The van der Waals surface area contributed by atoms with Gasteiger partial charge in [-0.2, -0.15) is 0 Å². The van der Waals surface area contributed by atoms with Gasteiger partial charge in [0.15, 0.2) is 0 Å². The first-order valence-electron chi connectivity index (χ1n) is 5.11. The number of alkyl halides is 2. The van der Waals surface area contributed by atoms with Crippen LogP contribution in [0.25, 0.3) is 0 Å². The number of rotatable bonds is 7. The fraction of sp³-hybridized carbons (Fsp3) is 0.333. The predicted octanol–water partition coefficient (Wildman–Crippen LogP) is 2.84. The van der Waals surface area contributed by atoms with Crippen molar-refractivity contribution in [1.29, 1.82) is 0 Å². The van der Waals surface area contributed by atoms with Crippen molar-refractivity contribution in [2.45, 2.75) is 6.42 Å². The van der Waals surface area contributed by atoms with Gasteiger partial charge in [0.25, 0.3) is 0 Å². The third kappa shape index (κ3) is 4.48. The lowest BCUT2D eigenvalue weighted by Crippen LogP contribution is -2.14. The highest BCUT2D eigenvalue weighted by Crippen LogP contribution is 2.13. The second-order valence-corrected chi connectivity index (χ2v) is 4.24. The summed E-state index contributed by atoms with van der Waals surface area (Å²) in [6.45, 7) is 0.539. The molecule has 0 saturated heterocycles. The molecule has 1 aromatic carbocycles. The Morgan fingerprint density at radius 3 is 2.41 bits per heavy atom. The molecule has 1 aromatic rings. The molecular formula is C12H12BrClO3. The van der Waals surface area contributed by atoms with Gasteiger partial charge in [0.1, 0.15) is 5.75 Å². The summed E-state index contributed by atoms with van der Waals surface area (Å²) in [5.74, 6) is 0.268. The molecule has 0 aliphatic rings. The monoisotopic (exact) mass is 318 g/mol. The van der Waals surface area contributed by atoms with E-state index in [4.69, 9.17) is 16.3 Å². The van der Waals surface area contributed by atoms with Gasteiger partial charge in [-0.05, 0) is 30.7 Å². The van der Waals surface area contributed by atoms with Crippen molar-refractivity contribution in [2.24, 2.45) is 0 Å². The molecule has 0 unspecified atom stereocenters. The van der Waals surface area contributed by atoms with Crippen LogP contribution in [0.2, 0.25) is 0 Å². The van der Waals surface area contributed by atoms with Crippen LogP contribution >= 0.6 is 27.5 Å². The highest BCUT2D eigenvalue weighted by atomic mass is 79.9. The Hall–Kier alpha value is -0.870. The van der Waals surface area contributed by atoms with Gasteiger partial charge in [0.2, 0.25) is 11.6 Å². The zero-order valence-electron chi connectivity index (χ0n) is 9.12. The second kappa shape index (κ2) is 7.45. The Morgan fingerprint density at radius 1 is 1.24 bits per heavy atom. The molecule has 1 rings (SSSR count). The Balaban J connectivity index is 2.61. The molecule has 3 nitrogen and oxygen atoms in total. The van der Waals surface area contributed by atoms with E-state index in [9.17, 15) is 9.59 Å². The Kier molecular flexibility index (Phi) is 6.22. The SMILES string of the molecule is O=C(CBr)C(=O)c1ccc(OCCCCl)cc1. The van der Waals surface area contributed by atoms with Crippen LogP contribution in [0, 0.1) is 0 Å². The summed E-state index contributed by atoms with van der Waals surface area (Å²) in [7, 11) is 0. The number of carbonyl (C=O) groups excluding carboxylic acids is 2. The largest absolute Gasteiger partial charge is 0.494 e. The normalized spacial score (nSPS) is 10.0. The quantitative estimate of drug-likeness (QED) is 0.336. The van der Waals surface area contributed by atoms with Gasteiger partial charge in [-0.25, -0.2) is 0 Å². The molecule has 0 fully saturated rings. The number of benzene rings is 1. The van der Waals surface area contributed by atoms with E-state index >= 15 is 0 Å². The van der Waals surface area contributed by atoms with Crippen molar-refractivity contribution in [3.05, 3.63) is 29.8 Å². The molecule has 17 heavy (non-hydrogen) atoms. The molecule has 0 spiro atoms. The fourth-order valence-electron chi connectivity index (χ4n) is 1.17. The number of ketones is 2. The van der Waals surface area contributed by atoms with E-state index < -0.39 is 11.6 Å². The second-order valence-electron chi connectivity index (χ2n) is 3.30. The molecule has 92 valence electrons. The van der Waals surface area contributed by atoms with Crippen molar-refractivity contribution >= 4 is 39.1 Å². The summed E-state index contributed by atoms with van der Waals surface area (Å²) in [5, 5.41) is 0.0415. The van der Waals surface area contributed by atoms with Crippen LogP contribution < -0.4 is 4.74 Å². The number of ether oxygens (including phenoxy) is 1. The Bertz CT molecular complexity index is 389. The molecule has 0 saturated carbocycles. The standard InChI is InChI=1S/C12H12BrClO3/c13-8-11(15)12(16)9-2-4-10(5-3-9)17-7-1-6-14/h2-5H,1,6-8H2. The molecule has 0 atom stereocenters.